The molecule has 1 aromatic rings. The first kappa shape index (κ1) is 13.9. The molecule has 4 nitrogen and oxygen atoms in total. The molecule has 1 spiro atoms. The highest BCUT2D eigenvalue weighted by molar-refractivity contribution is 5.45. The topological polar surface area (TPSA) is 50.7 Å². The van der Waals surface area contributed by atoms with Crippen molar-refractivity contribution in [2.75, 3.05) is 25.1 Å². The first-order chi connectivity index (χ1) is 9.80. The van der Waals surface area contributed by atoms with Crippen LogP contribution in [0.1, 0.15) is 31.2 Å². The number of hydrogen-bond acceptors (Lipinski definition) is 4. The number of benzene rings is 1. The average Bonchev–Trinajstić information content (AvgIpc) is 2.93. The molecule has 0 amide bonds. The Morgan fingerprint density at radius 1 is 1.10 bits per heavy atom. The standard InChI is InChI=1S/C16H23NO3/c18-10-7-13-1-3-14(4-2-13)17-15-5-8-16(9-6-15)19-11-12-20-16/h1-4,15,17-18H,5-12H2. The first-order valence-corrected chi connectivity index (χ1v) is 7.54. The van der Waals surface area contributed by atoms with Crippen LogP contribution in [0.4, 0.5) is 5.69 Å². The third-order valence-electron chi connectivity index (χ3n) is 4.29. The van der Waals surface area contributed by atoms with Gasteiger partial charge >= 0.3 is 0 Å². The van der Waals surface area contributed by atoms with E-state index in [0.717, 1.165) is 51.0 Å². The van der Waals surface area contributed by atoms with E-state index in [2.05, 4.69) is 29.6 Å². The van der Waals surface area contributed by atoms with Crippen LogP contribution in [-0.4, -0.2) is 36.8 Å². The fraction of sp³-hybridized carbons (Fsp3) is 0.625. The molecule has 3 rings (SSSR count). The molecular weight excluding hydrogens is 254 g/mol. The van der Waals surface area contributed by atoms with E-state index in [1.807, 2.05) is 0 Å². The van der Waals surface area contributed by atoms with Gasteiger partial charge < -0.3 is 19.9 Å². The molecule has 1 aromatic carbocycles. The summed E-state index contributed by atoms with van der Waals surface area (Å²) in [6.45, 7) is 1.69. The van der Waals surface area contributed by atoms with Crippen molar-refractivity contribution in [3.8, 4) is 0 Å². The van der Waals surface area contributed by atoms with Crippen LogP contribution in [0.5, 0.6) is 0 Å². The van der Waals surface area contributed by atoms with Crippen LogP contribution in [0.15, 0.2) is 24.3 Å². The minimum atomic E-state index is -0.275. The van der Waals surface area contributed by atoms with Gasteiger partial charge in [0.25, 0.3) is 0 Å². The van der Waals surface area contributed by atoms with Gasteiger partial charge in [-0.3, -0.25) is 0 Å². The molecule has 110 valence electrons. The Labute approximate surface area is 120 Å². The summed E-state index contributed by atoms with van der Waals surface area (Å²) in [5.41, 5.74) is 2.33. The smallest absolute Gasteiger partial charge is 0.168 e. The van der Waals surface area contributed by atoms with Crippen LogP contribution in [0, 0.1) is 0 Å². The van der Waals surface area contributed by atoms with Crippen molar-refractivity contribution >= 4 is 5.69 Å². The lowest BCUT2D eigenvalue weighted by Crippen LogP contribution is -2.39. The molecule has 0 bridgehead atoms. The highest BCUT2D eigenvalue weighted by Crippen LogP contribution is 2.36. The van der Waals surface area contributed by atoms with Crippen molar-refractivity contribution in [2.45, 2.75) is 43.9 Å². The molecule has 20 heavy (non-hydrogen) atoms. The van der Waals surface area contributed by atoms with E-state index < -0.39 is 0 Å². The highest BCUT2D eigenvalue weighted by atomic mass is 16.7. The Balaban J connectivity index is 1.51. The maximum atomic E-state index is 8.91. The molecule has 2 aliphatic rings. The molecule has 2 fully saturated rings. The quantitative estimate of drug-likeness (QED) is 0.887. The molecule has 0 radical (unpaired) electrons. The zero-order chi connectivity index (χ0) is 13.8. The van der Waals surface area contributed by atoms with Crippen LogP contribution in [0.25, 0.3) is 0 Å². The van der Waals surface area contributed by atoms with Gasteiger partial charge in [0.2, 0.25) is 0 Å². The van der Waals surface area contributed by atoms with Crippen molar-refractivity contribution in [1.82, 2.24) is 0 Å². The second-order valence-electron chi connectivity index (χ2n) is 5.70. The zero-order valence-electron chi connectivity index (χ0n) is 11.8. The second kappa shape index (κ2) is 6.12. The molecule has 0 atom stereocenters. The van der Waals surface area contributed by atoms with E-state index in [4.69, 9.17) is 14.6 Å². The van der Waals surface area contributed by atoms with Crippen LogP contribution < -0.4 is 5.32 Å². The van der Waals surface area contributed by atoms with E-state index in [1.54, 1.807) is 0 Å². The minimum absolute atomic E-state index is 0.206. The van der Waals surface area contributed by atoms with Gasteiger partial charge in [0, 0.05) is 31.2 Å². The summed E-state index contributed by atoms with van der Waals surface area (Å²) < 4.78 is 11.5. The van der Waals surface area contributed by atoms with Crippen LogP contribution in [0.3, 0.4) is 0 Å². The third kappa shape index (κ3) is 3.14. The van der Waals surface area contributed by atoms with Crippen molar-refractivity contribution in [2.24, 2.45) is 0 Å². The first-order valence-electron chi connectivity index (χ1n) is 7.54. The van der Waals surface area contributed by atoms with Gasteiger partial charge in [0.1, 0.15) is 0 Å². The number of aliphatic hydroxyl groups is 1. The summed E-state index contributed by atoms with van der Waals surface area (Å²) in [7, 11) is 0. The van der Waals surface area contributed by atoms with Gasteiger partial charge in [0.05, 0.1) is 13.2 Å². The van der Waals surface area contributed by atoms with Gasteiger partial charge in [0.15, 0.2) is 5.79 Å². The monoisotopic (exact) mass is 277 g/mol. The Hall–Kier alpha value is -1.10. The van der Waals surface area contributed by atoms with Gasteiger partial charge in [-0.25, -0.2) is 0 Å². The summed E-state index contributed by atoms with van der Waals surface area (Å²) in [5.74, 6) is -0.275. The van der Waals surface area contributed by atoms with Gasteiger partial charge in [-0.1, -0.05) is 12.1 Å². The molecule has 1 aliphatic heterocycles. The lowest BCUT2D eigenvalue weighted by Gasteiger charge is -2.36. The number of ether oxygens (including phenoxy) is 2. The van der Waals surface area contributed by atoms with Crippen LogP contribution in [0.2, 0.25) is 0 Å². The van der Waals surface area contributed by atoms with Gasteiger partial charge in [-0.15, -0.1) is 0 Å². The normalized spacial score (nSPS) is 22.2. The van der Waals surface area contributed by atoms with Crippen LogP contribution in [-0.2, 0) is 15.9 Å². The molecule has 4 heteroatoms. The SMILES string of the molecule is OCCc1ccc(NC2CCC3(CC2)OCCO3)cc1. The summed E-state index contributed by atoms with van der Waals surface area (Å²) in [6.07, 6.45) is 4.85. The van der Waals surface area contributed by atoms with E-state index in [9.17, 15) is 0 Å². The average molecular weight is 277 g/mol. The largest absolute Gasteiger partial charge is 0.396 e. The summed E-state index contributed by atoms with van der Waals surface area (Å²) in [6, 6.07) is 8.84. The fourth-order valence-electron chi connectivity index (χ4n) is 3.12. The Bertz CT molecular complexity index is 416. The fourth-order valence-corrected chi connectivity index (χ4v) is 3.12. The predicted molar refractivity (Wildman–Crippen MR) is 77.7 cm³/mol. The Morgan fingerprint density at radius 3 is 2.35 bits per heavy atom. The van der Waals surface area contributed by atoms with E-state index in [-0.39, 0.29) is 12.4 Å². The number of aliphatic hydroxyl groups excluding tert-OH is 1. The summed E-state index contributed by atoms with van der Waals surface area (Å²) >= 11 is 0. The molecule has 1 heterocycles. The lowest BCUT2D eigenvalue weighted by atomic mass is 9.90. The number of nitrogens with one attached hydrogen (secondary N) is 1. The van der Waals surface area contributed by atoms with Crippen molar-refractivity contribution in [3.63, 3.8) is 0 Å². The summed E-state index contributed by atoms with van der Waals surface area (Å²) in [5, 5.41) is 12.5. The van der Waals surface area contributed by atoms with E-state index in [1.165, 1.54) is 5.56 Å². The van der Waals surface area contributed by atoms with Crippen molar-refractivity contribution < 1.29 is 14.6 Å². The zero-order valence-corrected chi connectivity index (χ0v) is 11.8. The molecule has 1 saturated heterocycles. The molecular formula is C16H23NO3. The third-order valence-corrected chi connectivity index (χ3v) is 4.29. The molecule has 0 unspecified atom stereocenters. The van der Waals surface area contributed by atoms with Crippen molar-refractivity contribution in [3.05, 3.63) is 29.8 Å². The number of anilines is 1. The summed E-state index contributed by atoms with van der Waals surface area (Å²) in [4.78, 5) is 0. The van der Waals surface area contributed by atoms with Crippen LogP contribution >= 0.6 is 0 Å². The van der Waals surface area contributed by atoms with Gasteiger partial charge in [-0.05, 0) is 37.0 Å². The Kier molecular flexibility index (Phi) is 4.24. The molecule has 0 aromatic heterocycles. The van der Waals surface area contributed by atoms with E-state index in [0.29, 0.717) is 6.04 Å². The molecule has 1 saturated carbocycles. The number of rotatable bonds is 4. The Morgan fingerprint density at radius 2 is 1.75 bits per heavy atom. The maximum absolute atomic E-state index is 8.91. The lowest BCUT2D eigenvalue weighted by molar-refractivity contribution is -0.177. The molecule has 1 aliphatic carbocycles. The van der Waals surface area contributed by atoms with Crippen molar-refractivity contribution in [1.29, 1.82) is 0 Å². The maximum Gasteiger partial charge on any atom is 0.168 e. The second-order valence-corrected chi connectivity index (χ2v) is 5.70. The molecule has 2 N–H and O–H groups in total. The van der Waals surface area contributed by atoms with Gasteiger partial charge in [-0.2, -0.15) is 0 Å². The highest BCUT2D eigenvalue weighted by Gasteiger charge is 2.40. The minimum Gasteiger partial charge on any atom is -0.396 e. The van der Waals surface area contributed by atoms with E-state index >= 15 is 0 Å². The number of hydrogen-bond donors (Lipinski definition) is 2. The predicted octanol–water partition coefficient (Wildman–Crippen LogP) is 2.32.